The summed E-state index contributed by atoms with van der Waals surface area (Å²) in [6.07, 6.45) is 0. The van der Waals surface area contributed by atoms with Crippen molar-refractivity contribution in [1.82, 2.24) is 4.57 Å². The second-order valence-corrected chi connectivity index (χ2v) is 11.7. The van der Waals surface area contributed by atoms with Gasteiger partial charge >= 0.3 is 0 Å². The Labute approximate surface area is 258 Å². The Morgan fingerprint density at radius 3 is 1.36 bits per heavy atom. The van der Waals surface area contributed by atoms with Crippen molar-refractivity contribution in [1.29, 1.82) is 0 Å². The Bertz CT molecular complexity index is 2590. The van der Waals surface area contributed by atoms with Gasteiger partial charge in [-0.1, -0.05) is 91.0 Å². The third-order valence-electron chi connectivity index (χ3n) is 9.21. The van der Waals surface area contributed by atoms with Crippen LogP contribution in [0.5, 0.6) is 0 Å². The summed E-state index contributed by atoms with van der Waals surface area (Å²) in [7, 11) is 0. The minimum absolute atomic E-state index is 0.906. The fraction of sp³-hybridized carbons (Fsp3) is 0. The van der Waals surface area contributed by atoms with Crippen molar-refractivity contribution in [3.8, 4) is 27.9 Å². The maximum Gasteiger partial charge on any atom is 0.136 e. The minimum atomic E-state index is 0.906. The molecule has 0 aliphatic heterocycles. The van der Waals surface area contributed by atoms with Gasteiger partial charge in [0.05, 0.1) is 11.0 Å². The molecule has 0 saturated carbocycles. The minimum Gasteiger partial charge on any atom is -0.456 e. The lowest BCUT2D eigenvalue weighted by molar-refractivity contribution is 0.668. The largest absolute Gasteiger partial charge is 0.456 e. The Hall–Kier alpha value is -6.06. The molecule has 3 heterocycles. The van der Waals surface area contributed by atoms with Crippen LogP contribution in [0.4, 0.5) is 0 Å². The highest BCUT2D eigenvalue weighted by Crippen LogP contribution is 2.42. The van der Waals surface area contributed by atoms with Crippen molar-refractivity contribution in [2.24, 2.45) is 0 Å². The summed E-state index contributed by atoms with van der Waals surface area (Å²) < 4.78 is 14.9. The van der Waals surface area contributed by atoms with E-state index in [-0.39, 0.29) is 0 Å². The van der Waals surface area contributed by atoms with Crippen LogP contribution in [0, 0.1) is 0 Å². The summed E-state index contributed by atoms with van der Waals surface area (Å²) in [4.78, 5) is 0. The van der Waals surface area contributed by atoms with Crippen molar-refractivity contribution in [2.45, 2.75) is 0 Å². The van der Waals surface area contributed by atoms with E-state index in [1.807, 2.05) is 24.3 Å². The summed E-state index contributed by atoms with van der Waals surface area (Å²) in [5.41, 5.74) is 11.8. The zero-order chi connectivity index (χ0) is 29.5. The van der Waals surface area contributed by atoms with E-state index in [2.05, 4.69) is 132 Å². The van der Waals surface area contributed by atoms with Crippen LogP contribution in [0.1, 0.15) is 0 Å². The van der Waals surface area contributed by atoms with Gasteiger partial charge in [0.25, 0.3) is 0 Å². The third kappa shape index (κ3) is 3.52. The first kappa shape index (κ1) is 24.4. The zero-order valence-corrected chi connectivity index (χ0v) is 24.2. The van der Waals surface area contributed by atoms with Crippen LogP contribution >= 0.6 is 0 Å². The number of aromatic nitrogens is 1. The number of rotatable bonds is 3. The molecule has 45 heavy (non-hydrogen) atoms. The standard InChI is InChI=1S/C42H25NO2/c1-2-10-28(11-3-1)43-35-22-20-26(29-14-8-18-39-41(29)31-12-4-6-16-37(31)44-39)24-33(35)34-25-27(21-23-36(34)43)30-15-9-19-40-42(30)32-13-5-7-17-38(32)45-40/h1-25H. The maximum atomic E-state index is 6.25. The van der Waals surface area contributed by atoms with E-state index in [1.54, 1.807) is 0 Å². The first-order valence-corrected chi connectivity index (χ1v) is 15.3. The van der Waals surface area contributed by atoms with Gasteiger partial charge in [-0.2, -0.15) is 0 Å². The van der Waals surface area contributed by atoms with E-state index in [1.165, 1.54) is 44.1 Å². The fourth-order valence-corrected chi connectivity index (χ4v) is 7.24. The van der Waals surface area contributed by atoms with Crippen LogP contribution in [0.15, 0.2) is 160 Å². The number of nitrogens with zero attached hydrogens (tertiary/aromatic N) is 1. The van der Waals surface area contributed by atoms with Crippen LogP contribution in [0.25, 0.3) is 93.6 Å². The molecule has 0 fully saturated rings. The van der Waals surface area contributed by atoms with Crippen molar-refractivity contribution in [3.05, 3.63) is 152 Å². The molecule has 0 aliphatic rings. The van der Waals surface area contributed by atoms with Gasteiger partial charge in [0.1, 0.15) is 22.3 Å². The van der Waals surface area contributed by atoms with Gasteiger partial charge in [-0.15, -0.1) is 0 Å². The van der Waals surface area contributed by atoms with Crippen molar-refractivity contribution in [3.63, 3.8) is 0 Å². The van der Waals surface area contributed by atoms with Gasteiger partial charge in [0.15, 0.2) is 0 Å². The summed E-state index contributed by atoms with van der Waals surface area (Å²) in [6.45, 7) is 0. The molecule has 3 aromatic heterocycles. The fourth-order valence-electron chi connectivity index (χ4n) is 7.24. The van der Waals surface area contributed by atoms with Crippen molar-refractivity contribution in [2.75, 3.05) is 0 Å². The van der Waals surface area contributed by atoms with Crippen LogP contribution in [0.3, 0.4) is 0 Å². The first-order valence-electron chi connectivity index (χ1n) is 15.3. The normalized spacial score (nSPS) is 12.0. The van der Waals surface area contributed by atoms with Crippen LogP contribution in [-0.4, -0.2) is 4.57 Å². The Morgan fingerprint density at radius 1 is 0.356 bits per heavy atom. The zero-order valence-electron chi connectivity index (χ0n) is 24.2. The molecular formula is C42H25NO2. The van der Waals surface area contributed by atoms with E-state index in [0.29, 0.717) is 0 Å². The number of fused-ring (bicyclic) bond motifs is 9. The SMILES string of the molecule is c1ccc(-n2c3ccc(-c4cccc5oc6ccccc6c45)cc3c3cc(-c4cccc5oc6ccccc6c45)ccc32)cc1. The smallest absolute Gasteiger partial charge is 0.136 e. The molecule has 10 aromatic rings. The highest BCUT2D eigenvalue weighted by atomic mass is 16.3. The summed E-state index contributed by atoms with van der Waals surface area (Å²) >= 11 is 0. The molecule has 0 amide bonds. The molecule has 0 saturated heterocycles. The van der Waals surface area contributed by atoms with Gasteiger partial charge < -0.3 is 13.4 Å². The number of hydrogen-bond donors (Lipinski definition) is 0. The highest BCUT2D eigenvalue weighted by molar-refractivity contribution is 6.17. The lowest BCUT2D eigenvalue weighted by atomic mass is 9.96. The Balaban J connectivity index is 1.27. The maximum absolute atomic E-state index is 6.25. The highest BCUT2D eigenvalue weighted by Gasteiger charge is 2.18. The molecule has 10 rings (SSSR count). The lowest BCUT2D eigenvalue weighted by Gasteiger charge is -2.09. The molecular weight excluding hydrogens is 550 g/mol. The molecule has 3 nitrogen and oxygen atoms in total. The molecule has 0 aliphatic carbocycles. The van der Waals surface area contributed by atoms with Gasteiger partial charge in [0, 0.05) is 38.0 Å². The molecule has 7 aromatic carbocycles. The van der Waals surface area contributed by atoms with Crippen LogP contribution in [0.2, 0.25) is 0 Å². The second-order valence-electron chi connectivity index (χ2n) is 11.7. The molecule has 0 atom stereocenters. The number of hydrogen-bond acceptors (Lipinski definition) is 2. The average Bonchev–Trinajstić information content (AvgIpc) is 3.77. The van der Waals surface area contributed by atoms with E-state index in [4.69, 9.17) is 8.83 Å². The van der Waals surface area contributed by atoms with E-state index < -0.39 is 0 Å². The molecule has 0 N–H and O–H groups in total. The Kier molecular flexibility index (Phi) is 5.00. The predicted octanol–water partition coefficient (Wildman–Crippen LogP) is 11.9. The molecule has 210 valence electrons. The van der Waals surface area contributed by atoms with Crippen LogP contribution < -0.4 is 0 Å². The van der Waals surface area contributed by atoms with Crippen molar-refractivity contribution >= 4 is 65.7 Å². The van der Waals surface area contributed by atoms with E-state index >= 15 is 0 Å². The molecule has 0 bridgehead atoms. The quantitative estimate of drug-likeness (QED) is 0.210. The number of furan rings is 2. The van der Waals surface area contributed by atoms with Gasteiger partial charge in [-0.25, -0.2) is 0 Å². The molecule has 3 heteroatoms. The monoisotopic (exact) mass is 575 g/mol. The summed E-state index contributed by atoms with van der Waals surface area (Å²) in [5, 5.41) is 7.00. The molecule has 0 spiro atoms. The van der Waals surface area contributed by atoms with Crippen molar-refractivity contribution < 1.29 is 8.83 Å². The third-order valence-corrected chi connectivity index (χ3v) is 9.21. The molecule has 0 radical (unpaired) electrons. The average molecular weight is 576 g/mol. The first-order chi connectivity index (χ1) is 22.3. The van der Waals surface area contributed by atoms with Gasteiger partial charge in [-0.05, 0) is 82.9 Å². The van der Waals surface area contributed by atoms with Gasteiger partial charge in [-0.3, -0.25) is 0 Å². The van der Waals surface area contributed by atoms with E-state index in [0.717, 1.165) is 49.6 Å². The van der Waals surface area contributed by atoms with Crippen LogP contribution in [-0.2, 0) is 0 Å². The summed E-state index contributed by atoms with van der Waals surface area (Å²) in [6, 6.07) is 53.7. The lowest BCUT2D eigenvalue weighted by Crippen LogP contribution is -1.93. The number of para-hydroxylation sites is 3. The topological polar surface area (TPSA) is 31.2 Å². The number of benzene rings is 7. The van der Waals surface area contributed by atoms with E-state index in [9.17, 15) is 0 Å². The summed E-state index contributed by atoms with van der Waals surface area (Å²) in [5.74, 6) is 0. The second kappa shape index (κ2) is 9.22. The Morgan fingerprint density at radius 2 is 0.822 bits per heavy atom. The predicted molar refractivity (Wildman–Crippen MR) is 186 cm³/mol. The van der Waals surface area contributed by atoms with Gasteiger partial charge in [0.2, 0.25) is 0 Å². The molecule has 0 unspecified atom stereocenters.